The first-order valence-corrected chi connectivity index (χ1v) is 9.51. The molecule has 6 heteroatoms. The number of nitrogens with one attached hydrogen (secondary N) is 1. The number of imide groups is 1. The summed E-state index contributed by atoms with van der Waals surface area (Å²) in [7, 11) is 0. The van der Waals surface area contributed by atoms with Gasteiger partial charge in [0.25, 0.3) is 0 Å². The monoisotopic (exact) mass is 366 g/mol. The molecule has 2 aliphatic heterocycles. The Hall–Kier alpha value is -2.63. The van der Waals surface area contributed by atoms with Crippen LogP contribution in [0.15, 0.2) is 24.3 Å². The molecule has 2 bridgehead atoms. The van der Waals surface area contributed by atoms with E-state index in [0.29, 0.717) is 6.61 Å². The SMILES string of the molecule is Cc1ccc2c(c1C)OCC2NC(=O)CN1C(=O)C2C3C=CC(C3)C2C1=O. The van der Waals surface area contributed by atoms with Crippen molar-refractivity contribution in [3.8, 4) is 5.75 Å². The van der Waals surface area contributed by atoms with Crippen LogP contribution in [0.1, 0.15) is 29.2 Å². The maximum absolute atomic E-state index is 12.7. The number of rotatable bonds is 3. The number of hydrogen-bond donors (Lipinski definition) is 1. The number of ether oxygens (including phenoxy) is 1. The summed E-state index contributed by atoms with van der Waals surface area (Å²) in [5.74, 6) is -0.0832. The molecule has 0 spiro atoms. The first-order valence-electron chi connectivity index (χ1n) is 9.51. The second-order valence-corrected chi connectivity index (χ2v) is 8.12. The van der Waals surface area contributed by atoms with Crippen molar-refractivity contribution in [2.75, 3.05) is 13.2 Å². The minimum Gasteiger partial charge on any atom is -0.490 e. The van der Waals surface area contributed by atoms with Crippen LogP contribution < -0.4 is 10.1 Å². The lowest BCUT2D eigenvalue weighted by molar-refractivity contribution is -0.144. The molecule has 5 unspecified atom stereocenters. The molecule has 5 rings (SSSR count). The van der Waals surface area contributed by atoms with Gasteiger partial charge in [-0.1, -0.05) is 24.3 Å². The summed E-state index contributed by atoms with van der Waals surface area (Å²) in [6.45, 7) is 4.18. The second kappa shape index (κ2) is 5.68. The smallest absolute Gasteiger partial charge is 0.240 e. The van der Waals surface area contributed by atoms with Crippen molar-refractivity contribution >= 4 is 17.7 Å². The quantitative estimate of drug-likeness (QED) is 0.652. The van der Waals surface area contributed by atoms with Gasteiger partial charge in [0, 0.05) is 5.56 Å². The van der Waals surface area contributed by atoms with E-state index in [-0.39, 0.29) is 54.0 Å². The van der Waals surface area contributed by atoms with Gasteiger partial charge in [-0.05, 0) is 43.2 Å². The van der Waals surface area contributed by atoms with Crippen molar-refractivity contribution in [3.05, 3.63) is 41.0 Å². The molecule has 1 aromatic rings. The van der Waals surface area contributed by atoms with Gasteiger partial charge in [-0.15, -0.1) is 0 Å². The van der Waals surface area contributed by atoms with Gasteiger partial charge in [0.2, 0.25) is 17.7 Å². The molecular weight excluding hydrogens is 344 g/mol. The van der Waals surface area contributed by atoms with Gasteiger partial charge in [-0.2, -0.15) is 0 Å². The van der Waals surface area contributed by atoms with Crippen molar-refractivity contribution in [3.63, 3.8) is 0 Å². The zero-order valence-electron chi connectivity index (χ0n) is 15.4. The highest BCUT2D eigenvalue weighted by atomic mass is 16.5. The summed E-state index contributed by atoms with van der Waals surface area (Å²) in [6, 6.07) is 3.73. The van der Waals surface area contributed by atoms with Gasteiger partial charge in [-0.3, -0.25) is 19.3 Å². The molecule has 0 radical (unpaired) electrons. The zero-order chi connectivity index (χ0) is 18.9. The molecule has 3 amide bonds. The Kier molecular flexibility index (Phi) is 3.48. The molecule has 2 heterocycles. The summed E-state index contributed by atoms with van der Waals surface area (Å²) in [5.41, 5.74) is 3.17. The molecule has 1 saturated carbocycles. The first kappa shape index (κ1) is 16.5. The van der Waals surface area contributed by atoms with Crippen LogP contribution in [0, 0.1) is 37.5 Å². The van der Waals surface area contributed by atoms with E-state index in [1.165, 1.54) is 0 Å². The molecule has 1 saturated heterocycles. The number of fused-ring (bicyclic) bond motifs is 6. The fourth-order valence-corrected chi connectivity index (χ4v) is 5.16. The van der Waals surface area contributed by atoms with E-state index in [9.17, 15) is 14.4 Å². The summed E-state index contributed by atoms with van der Waals surface area (Å²) < 4.78 is 5.76. The molecular formula is C21H22N2O4. The number of carbonyl (C=O) groups excluding carboxylic acids is 3. The van der Waals surface area contributed by atoms with Crippen LogP contribution in [0.3, 0.4) is 0 Å². The minimum atomic E-state index is -0.323. The molecule has 1 aromatic carbocycles. The fraction of sp³-hybridized carbons (Fsp3) is 0.476. The molecule has 1 N–H and O–H groups in total. The number of likely N-dealkylation sites (tertiary alicyclic amines) is 1. The lowest BCUT2D eigenvalue weighted by atomic mass is 9.85. The first-order chi connectivity index (χ1) is 13.0. The zero-order valence-corrected chi connectivity index (χ0v) is 15.4. The topological polar surface area (TPSA) is 75.7 Å². The minimum absolute atomic E-state index is 0.158. The highest BCUT2D eigenvalue weighted by Crippen LogP contribution is 2.52. The molecule has 2 aliphatic carbocycles. The van der Waals surface area contributed by atoms with Gasteiger partial charge in [-0.25, -0.2) is 0 Å². The average Bonchev–Trinajstić information content (AvgIpc) is 3.39. The van der Waals surface area contributed by atoms with Crippen LogP contribution >= 0.6 is 0 Å². The van der Waals surface area contributed by atoms with E-state index in [1.807, 2.05) is 26.0 Å². The predicted molar refractivity (Wildman–Crippen MR) is 96.7 cm³/mol. The maximum Gasteiger partial charge on any atom is 0.240 e. The number of benzene rings is 1. The summed E-state index contributed by atoms with van der Waals surface area (Å²) in [6.07, 6.45) is 5.00. The third-order valence-corrected chi connectivity index (χ3v) is 6.68. The highest BCUT2D eigenvalue weighted by molar-refractivity contribution is 6.08. The molecule has 140 valence electrons. The van der Waals surface area contributed by atoms with Gasteiger partial charge in [0.05, 0.1) is 17.9 Å². The van der Waals surface area contributed by atoms with Crippen LogP contribution in [0.5, 0.6) is 5.75 Å². The lowest BCUT2D eigenvalue weighted by Gasteiger charge is -2.18. The van der Waals surface area contributed by atoms with Crippen LogP contribution in [0.4, 0.5) is 0 Å². The van der Waals surface area contributed by atoms with E-state index >= 15 is 0 Å². The predicted octanol–water partition coefficient (Wildman–Crippen LogP) is 1.66. The summed E-state index contributed by atoms with van der Waals surface area (Å²) >= 11 is 0. The van der Waals surface area contributed by atoms with Crippen LogP contribution in [0.25, 0.3) is 0 Å². The van der Waals surface area contributed by atoms with Crippen molar-refractivity contribution in [2.24, 2.45) is 23.7 Å². The van der Waals surface area contributed by atoms with Crippen LogP contribution in [-0.4, -0.2) is 35.8 Å². The number of hydrogen-bond acceptors (Lipinski definition) is 4. The van der Waals surface area contributed by atoms with Crippen molar-refractivity contribution in [2.45, 2.75) is 26.3 Å². The molecule has 2 fully saturated rings. The number of carbonyl (C=O) groups is 3. The molecule has 27 heavy (non-hydrogen) atoms. The Morgan fingerprint density at radius 3 is 2.48 bits per heavy atom. The molecule has 6 nitrogen and oxygen atoms in total. The van der Waals surface area contributed by atoms with Gasteiger partial charge >= 0.3 is 0 Å². The highest BCUT2D eigenvalue weighted by Gasteiger charge is 2.59. The largest absolute Gasteiger partial charge is 0.490 e. The fourth-order valence-electron chi connectivity index (χ4n) is 5.16. The standard InChI is InChI=1S/C21H22N2O4/c1-10-3-6-14-15(9-27-19(14)11(10)2)22-16(24)8-23-20(25)17-12-4-5-13(7-12)18(17)21(23)26/h3-6,12-13,15,17-18H,7-9H2,1-2H3,(H,22,24). The Balaban J connectivity index is 1.29. The van der Waals surface area contributed by atoms with E-state index < -0.39 is 0 Å². The number of amides is 3. The lowest BCUT2D eigenvalue weighted by Crippen LogP contribution is -2.43. The Morgan fingerprint density at radius 2 is 1.81 bits per heavy atom. The molecule has 5 atom stereocenters. The van der Waals surface area contributed by atoms with E-state index in [4.69, 9.17) is 4.74 Å². The third-order valence-electron chi connectivity index (χ3n) is 6.68. The van der Waals surface area contributed by atoms with Gasteiger partial charge in [0.1, 0.15) is 18.9 Å². The van der Waals surface area contributed by atoms with Gasteiger partial charge in [0.15, 0.2) is 0 Å². The van der Waals surface area contributed by atoms with Crippen molar-refractivity contribution in [1.82, 2.24) is 10.2 Å². The van der Waals surface area contributed by atoms with E-state index in [1.54, 1.807) is 0 Å². The van der Waals surface area contributed by atoms with Crippen molar-refractivity contribution in [1.29, 1.82) is 0 Å². The Morgan fingerprint density at radius 1 is 1.15 bits per heavy atom. The summed E-state index contributed by atoms with van der Waals surface area (Å²) in [5, 5.41) is 2.93. The van der Waals surface area contributed by atoms with Crippen molar-refractivity contribution < 1.29 is 19.1 Å². The Bertz CT molecular complexity index is 876. The number of aryl methyl sites for hydroxylation is 1. The van der Waals surface area contributed by atoms with E-state index in [2.05, 4.69) is 17.5 Å². The number of allylic oxidation sites excluding steroid dienone is 2. The van der Waals surface area contributed by atoms with Gasteiger partial charge < -0.3 is 10.1 Å². The number of nitrogens with zero attached hydrogens (tertiary/aromatic N) is 1. The second-order valence-electron chi connectivity index (χ2n) is 8.12. The summed E-state index contributed by atoms with van der Waals surface area (Å²) in [4.78, 5) is 39.2. The third kappa shape index (κ3) is 2.28. The normalized spacial score (nSPS) is 32.7. The van der Waals surface area contributed by atoms with Crippen LogP contribution in [-0.2, 0) is 14.4 Å². The average molecular weight is 366 g/mol. The maximum atomic E-state index is 12.7. The molecule has 4 aliphatic rings. The van der Waals surface area contributed by atoms with Crippen LogP contribution in [0.2, 0.25) is 0 Å². The van der Waals surface area contributed by atoms with E-state index in [0.717, 1.165) is 33.8 Å². The Labute approximate surface area is 157 Å². The molecule has 0 aromatic heterocycles.